The lowest BCUT2D eigenvalue weighted by Gasteiger charge is -2.23. The van der Waals surface area contributed by atoms with Crippen molar-refractivity contribution in [1.82, 2.24) is 14.9 Å². The van der Waals surface area contributed by atoms with E-state index in [1.165, 1.54) is 5.56 Å². The first-order valence-electron chi connectivity index (χ1n) is 9.47. The van der Waals surface area contributed by atoms with Crippen LogP contribution in [-0.4, -0.2) is 33.9 Å². The van der Waals surface area contributed by atoms with Crippen LogP contribution in [0.2, 0.25) is 0 Å². The number of nitrogens with one attached hydrogen (secondary N) is 1. The summed E-state index contributed by atoms with van der Waals surface area (Å²) in [7, 11) is 0. The maximum Gasteiger partial charge on any atom is 0.261 e. The molecule has 140 valence electrons. The van der Waals surface area contributed by atoms with Crippen LogP contribution in [0.3, 0.4) is 0 Å². The fourth-order valence-corrected chi connectivity index (χ4v) is 4.09. The number of imidazole rings is 1. The second-order valence-corrected chi connectivity index (χ2v) is 7.40. The van der Waals surface area contributed by atoms with Gasteiger partial charge in [0.05, 0.1) is 17.1 Å². The van der Waals surface area contributed by atoms with Crippen molar-refractivity contribution in [3.63, 3.8) is 0 Å². The van der Waals surface area contributed by atoms with Crippen LogP contribution < -0.4 is 4.74 Å². The quantitative estimate of drug-likeness (QED) is 0.755. The van der Waals surface area contributed by atoms with E-state index in [1.54, 1.807) is 0 Å². The van der Waals surface area contributed by atoms with Crippen molar-refractivity contribution in [2.45, 2.75) is 39.7 Å². The molecule has 2 heterocycles. The highest BCUT2D eigenvalue weighted by Gasteiger charge is 2.32. The van der Waals surface area contributed by atoms with Gasteiger partial charge in [0.2, 0.25) is 0 Å². The number of hydrogen-bond donors (Lipinski definition) is 1. The molecular formula is C22H25N3O2. The van der Waals surface area contributed by atoms with Gasteiger partial charge in [-0.25, -0.2) is 4.98 Å². The Labute approximate surface area is 159 Å². The van der Waals surface area contributed by atoms with Crippen molar-refractivity contribution in [3.8, 4) is 5.75 Å². The van der Waals surface area contributed by atoms with Crippen molar-refractivity contribution in [3.05, 3.63) is 58.9 Å². The molecule has 1 N–H and O–H groups in total. The van der Waals surface area contributed by atoms with Gasteiger partial charge in [0, 0.05) is 6.54 Å². The third-order valence-electron chi connectivity index (χ3n) is 5.24. The van der Waals surface area contributed by atoms with E-state index in [-0.39, 0.29) is 18.6 Å². The van der Waals surface area contributed by atoms with Gasteiger partial charge >= 0.3 is 0 Å². The largest absolute Gasteiger partial charge is 0.483 e. The molecule has 1 fully saturated rings. The van der Waals surface area contributed by atoms with E-state index in [2.05, 4.69) is 24.0 Å². The molecule has 5 nitrogen and oxygen atoms in total. The Bertz CT molecular complexity index is 936. The number of hydrogen-bond acceptors (Lipinski definition) is 3. The summed E-state index contributed by atoms with van der Waals surface area (Å²) in [5.74, 6) is 1.69. The third kappa shape index (κ3) is 3.42. The van der Waals surface area contributed by atoms with E-state index in [0.717, 1.165) is 53.1 Å². The van der Waals surface area contributed by atoms with Crippen LogP contribution >= 0.6 is 0 Å². The molecule has 1 unspecified atom stereocenters. The van der Waals surface area contributed by atoms with Gasteiger partial charge in [-0.3, -0.25) is 4.79 Å². The lowest BCUT2D eigenvalue weighted by Crippen LogP contribution is -2.35. The Morgan fingerprint density at radius 1 is 1.22 bits per heavy atom. The minimum atomic E-state index is -0.00582. The molecule has 3 aromatic rings. The summed E-state index contributed by atoms with van der Waals surface area (Å²) in [4.78, 5) is 22.8. The minimum absolute atomic E-state index is 0.00582. The fraction of sp³-hybridized carbons (Fsp3) is 0.364. The van der Waals surface area contributed by atoms with Gasteiger partial charge in [-0.2, -0.15) is 0 Å². The molecule has 5 heteroatoms. The number of aryl methyl sites for hydroxylation is 3. The number of carbonyl (C=O) groups is 1. The number of amides is 1. The maximum atomic E-state index is 12.9. The third-order valence-corrected chi connectivity index (χ3v) is 5.24. The summed E-state index contributed by atoms with van der Waals surface area (Å²) >= 11 is 0. The van der Waals surface area contributed by atoms with E-state index in [4.69, 9.17) is 9.72 Å². The average molecular weight is 363 g/mol. The summed E-state index contributed by atoms with van der Waals surface area (Å²) in [5, 5.41) is 0. The molecule has 27 heavy (non-hydrogen) atoms. The van der Waals surface area contributed by atoms with Gasteiger partial charge in [0.25, 0.3) is 5.91 Å². The Morgan fingerprint density at radius 3 is 2.70 bits per heavy atom. The molecule has 0 radical (unpaired) electrons. The number of ether oxygens (including phenoxy) is 1. The average Bonchev–Trinajstić information content (AvgIpc) is 3.27. The number of carbonyl (C=O) groups excluding carboxylic acids is 1. The van der Waals surface area contributed by atoms with Gasteiger partial charge in [-0.05, 0) is 56.9 Å². The second-order valence-electron chi connectivity index (χ2n) is 7.40. The molecule has 2 aromatic carbocycles. The number of aromatic amines is 1. The van der Waals surface area contributed by atoms with Gasteiger partial charge in [0.1, 0.15) is 11.6 Å². The Hall–Kier alpha value is -2.82. The molecule has 1 aliphatic heterocycles. The summed E-state index contributed by atoms with van der Waals surface area (Å²) in [5.41, 5.74) is 5.28. The van der Waals surface area contributed by atoms with Crippen molar-refractivity contribution in [2.75, 3.05) is 13.2 Å². The van der Waals surface area contributed by atoms with E-state index in [1.807, 2.05) is 43.0 Å². The van der Waals surface area contributed by atoms with Crippen LogP contribution in [0, 0.1) is 20.8 Å². The molecular weight excluding hydrogens is 338 g/mol. The van der Waals surface area contributed by atoms with E-state index >= 15 is 0 Å². The van der Waals surface area contributed by atoms with Crippen LogP contribution in [0.1, 0.15) is 41.4 Å². The zero-order valence-corrected chi connectivity index (χ0v) is 16.1. The van der Waals surface area contributed by atoms with Crippen LogP contribution in [0.5, 0.6) is 5.75 Å². The smallest absolute Gasteiger partial charge is 0.261 e. The summed E-state index contributed by atoms with van der Waals surface area (Å²) < 4.78 is 5.92. The Balaban J connectivity index is 1.49. The molecule has 0 aliphatic carbocycles. The number of H-pyrrole nitrogens is 1. The van der Waals surface area contributed by atoms with Gasteiger partial charge in [0.15, 0.2) is 6.61 Å². The first kappa shape index (κ1) is 17.6. The highest BCUT2D eigenvalue weighted by molar-refractivity contribution is 5.79. The molecule has 0 spiro atoms. The van der Waals surface area contributed by atoms with Crippen LogP contribution in [0.25, 0.3) is 11.0 Å². The van der Waals surface area contributed by atoms with Crippen LogP contribution in [0.4, 0.5) is 0 Å². The summed E-state index contributed by atoms with van der Waals surface area (Å²) in [6.07, 6.45) is 1.91. The topological polar surface area (TPSA) is 58.2 Å². The SMILES string of the molecule is Cc1cc(C)c(OCC(=O)N2CCCC2c2nc3ccccc3[nH]2)c(C)c1. The first-order chi connectivity index (χ1) is 13.0. The highest BCUT2D eigenvalue weighted by Crippen LogP contribution is 2.32. The number of nitrogens with zero attached hydrogens (tertiary/aromatic N) is 2. The van der Waals surface area contributed by atoms with E-state index in [9.17, 15) is 4.79 Å². The van der Waals surface area contributed by atoms with Crippen LogP contribution in [-0.2, 0) is 4.79 Å². The van der Waals surface area contributed by atoms with Gasteiger partial charge < -0.3 is 14.6 Å². The lowest BCUT2D eigenvalue weighted by atomic mass is 10.1. The van der Waals surface area contributed by atoms with Crippen molar-refractivity contribution < 1.29 is 9.53 Å². The highest BCUT2D eigenvalue weighted by atomic mass is 16.5. The second kappa shape index (κ2) is 7.06. The molecule has 1 aromatic heterocycles. The minimum Gasteiger partial charge on any atom is -0.483 e. The molecule has 1 atom stereocenters. The molecule has 4 rings (SSSR count). The maximum absolute atomic E-state index is 12.9. The van der Waals surface area contributed by atoms with Gasteiger partial charge in [-0.15, -0.1) is 0 Å². The zero-order valence-electron chi connectivity index (χ0n) is 16.1. The summed E-state index contributed by atoms with van der Waals surface area (Å²) in [6.45, 7) is 6.91. The lowest BCUT2D eigenvalue weighted by molar-refractivity contribution is -0.134. The van der Waals surface area contributed by atoms with E-state index in [0.29, 0.717) is 0 Å². The predicted molar refractivity (Wildman–Crippen MR) is 106 cm³/mol. The molecule has 1 saturated heterocycles. The summed E-state index contributed by atoms with van der Waals surface area (Å²) in [6, 6.07) is 12.1. The number of aromatic nitrogens is 2. The van der Waals surface area contributed by atoms with Crippen LogP contribution in [0.15, 0.2) is 36.4 Å². The Kier molecular flexibility index (Phi) is 4.60. The van der Waals surface area contributed by atoms with Crippen molar-refractivity contribution >= 4 is 16.9 Å². The fourth-order valence-electron chi connectivity index (χ4n) is 4.09. The number of fused-ring (bicyclic) bond motifs is 1. The number of likely N-dealkylation sites (tertiary alicyclic amines) is 1. The predicted octanol–water partition coefficient (Wildman–Crippen LogP) is 4.23. The normalized spacial score (nSPS) is 16.9. The standard InChI is InChI=1S/C22H25N3O2/c1-14-11-15(2)21(16(3)12-14)27-13-20(26)25-10-6-9-19(25)22-23-17-7-4-5-8-18(17)24-22/h4-5,7-8,11-12,19H,6,9-10,13H2,1-3H3,(H,23,24). The van der Waals surface area contributed by atoms with E-state index < -0.39 is 0 Å². The van der Waals surface area contributed by atoms with Gasteiger partial charge in [-0.1, -0.05) is 29.8 Å². The number of benzene rings is 2. The molecule has 0 bridgehead atoms. The van der Waals surface area contributed by atoms with Crippen molar-refractivity contribution in [1.29, 1.82) is 0 Å². The number of rotatable bonds is 4. The first-order valence-corrected chi connectivity index (χ1v) is 9.47. The number of para-hydroxylation sites is 2. The zero-order chi connectivity index (χ0) is 19.0. The monoisotopic (exact) mass is 363 g/mol. The molecule has 0 saturated carbocycles. The molecule has 1 amide bonds. The molecule has 1 aliphatic rings. The van der Waals surface area contributed by atoms with Crippen molar-refractivity contribution in [2.24, 2.45) is 0 Å². The Morgan fingerprint density at radius 2 is 1.96 bits per heavy atom.